The van der Waals surface area contributed by atoms with Crippen molar-refractivity contribution in [2.24, 2.45) is 5.92 Å². The van der Waals surface area contributed by atoms with Crippen LogP contribution in [0.3, 0.4) is 0 Å². The van der Waals surface area contributed by atoms with Gasteiger partial charge < -0.3 is 14.8 Å². The molecule has 3 N–H and O–H groups in total. The van der Waals surface area contributed by atoms with Crippen molar-refractivity contribution in [2.45, 2.75) is 26.3 Å². The van der Waals surface area contributed by atoms with E-state index in [0.29, 0.717) is 28.5 Å². The number of benzene rings is 2. The fraction of sp³-hybridized carbons (Fsp3) is 0.318. The van der Waals surface area contributed by atoms with Crippen LogP contribution in [-0.4, -0.2) is 38.0 Å². The maximum absolute atomic E-state index is 12.7. The second kappa shape index (κ2) is 11.2. The number of hydrogen-bond acceptors (Lipinski definition) is 5. The van der Waals surface area contributed by atoms with Crippen molar-refractivity contribution in [1.82, 2.24) is 16.2 Å². The van der Waals surface area contributed by atoms with Crippen LogP contribution >= 0.6 is 11.6 Å². The standard InChI is InChI=1S/C22H26ClN3O5/c1-5-13(2)19(24-20(27)14-6-9-16(23)10-7-14)22(29)26-25-21(28)15-8-11-17(30-3)18(12-15)31-4/h6-13,19H,5H2,1-4H3,(H,24,27)(H,25,28)(H,26,29)/t13-,19-/m0/s1. The van der Waals surface area contributed by atoms with Gasteiger partial charge in [-0.05, 0) is 48.4 Å². The lowest BCUT2D eigenvalue weighted by Gasteiger charge is -2.23. The van der Waals surface area contributed by atoms with Crippen molar-refractivity contribution in [3.05, 3.63) is 58.6 Å². The van der Waals surface area contributed by atoms with E-state index in [-0.39, 0.29) is 11.5 Å². The summed E-state index contributed by atoms with van der Waals surface area (Å²) in [7, 11) is 2.95. The Morgan fingerprint density at radius 1 is 0.903 bits per heavy atom. The van der Waals surface area contributed by atoms with Gasteiger partial charge in [-0.25, -0.2) is 0 Å². The highest BCUT2D eigenvalue weighted by molar-refractivity contribution is 6.30. The molecule has 0 saturated heterocycles. The molecule has 31 heavy (non-hydrogen) atoms. The molecular formula is C22H26ClN3O5. The summed E-state index contributed by atoms with van der Waals surface area (Å²) in [6, 6.07) is 10.1. The van der Waals surface area contributed by atoms with Crippen LogP contribution in [-0.2, 0) is 4.79 Å². The minimum atomic E-state index is -0.848. The third-order valence-electron chi connectivity index (χ3n) is 4.83. The third kappa shape index (κ3) is 6.36. The summed E-state index contributed by atoms with van der Waals surface area (Å²) in [6.07, 6.45) is 0.641. The summed E-state index contributed by atoms with van der Waals surface area (Å²) in [4.78, 5) is 37.7. The van der Waals surface area contributed by atoms with Gasteiger partial charge in [-0.3, -0.25) is 25.2 Å². The Bertz CT molecular complexity index is 933. The summed E-state index contributed by atoms with van der Waals surface area (Å²) in [5.74, 6) is -0.802. The van der Waals surface area contributed by atoms with E-state index in [4.69, 9.17) is 21.1 Å². The van der Waals surface area contributed by atoms with E-state index >= 15 is 0 Å². The number of carbonyl (C=O) groups excluding carboxylic acids is 3. The van der Waals surface area contributed by atoms with Crippen LogP contribution in [0.2, 0.25) is 5.02 Å². The number of hydrazine groups is 1. The van der Waals surface area contributed by atoms with E-state index in [2.05, 4.69) is 16.2 Å². The van der Waals surface area contributed by atoms with Gasteiger partial charge in [0.1, 0.15) is 6.04 Å². The fourth-order valence-corrected chi connectivity index (χ4v) is 2.90. The van der Waals surface area contributed by atoms with Crippen LogP contribution in [0.5, 0.6) is 11.5 Å². The molecule has 0 aromatic heterocycles. The average molecular weight is 448 g/mol. The Labute approximate surface area is 186 Å². The van der Waals surface area contributed by atoms with Gasteiger partial charge in [0.15, 0.2) is 11.5 Å². The summed E-state index contributed by atoms with van der Waals surface area (Å²) < 4.78 is 10.3. The van der Waals surface area contributed by atoms with E-state index in [1.165, 1.54) is 26.4 Å². The molecule has 2 aromatic rings. The molecule has 2 aromatic carbocycles. The minimum absolute atomic E-state index is 0.172. The highest BCUT2D eigenvalue weighted by Gasteiger charge is 2.27. The average Bonchev–Trinajstić information content (AvgIpc) is 2.79. The van der Waals surface area contributed by atoms with E-state index in [9.17, 15) is 14.4 Å². The molecule has 0 bridgehead atoms. The lowest BCUT2D eigenvalue weighted by Crippen LogP contribution is -2.54. The highest BCUT2D eigenvalue weighted by Crippen LogP contribution is 2.27. The smallest absolute Gasteiger partial charge is 0.269 e. The summed E-state index contributed by atoms with van der Waals surface area (Å²) in [5.41, 5.74) is 5.39. The molecule has 0 aliphatic heterocycles. The van der Waals surface area contributed by atoms with Gasteiger partial charge in [0.25, 0.3) is 17.7 Å². The molecule has 166 valence electrons. The first-order valence-corrected chi connectivity index (χ1v) is 10.1. The van der Waals surface area contributed by atoms with Gasteiger partial charge in [0.05, 0.1) is 14.2 Å². The number of amides is 3. The molecule has 0 aliphatic carbocycles. The maximum atomic E-state index is 12.7. The molecule has 0 heterocycles. The molecule has 2 rings (SSSR count). The Hall–Kier alpha value is -3.26. The van der Waals surface area contributed by atoms with Gasteiger partial charge >= 0.3 is 0 Å². The molecule has 0 fully saturated rings. The van der Waals surface area contributed by atoms with Crippen LogP contribution in [0.1, 0.15) is 41.0 Å². The maximum Gasteiger partial charge on any atom is 0.269 e. The topological polar surface area (TPSA) is 106 Å². The molecule has 2 atom stereocenters. The lowest BCUT2D eigenvalue weighted by atomic mass is 9.98. The number of rotatable bonds is 8. The van der Waals surface area contributed by atoms with E-state index in [0.717, 1.165) is 0 Å². The molecule has 0 spiro atoms. The van der Waals surface area contributed by atoms with Crippen molar-refractivity contribution in [2.75, 3.05) is 14.2 Å². The van der Waals surface area contributed by atoms with Gasteiger partial charge in [0.2, 0.25) is 0 Å². The largest absolute Gasteiger partial charge is 0.493 e. The summed E-state index contributed by atoms with van der Waals surface area (Å²) in [5, 5.41) is 3.22. The van der Waals surface area contributed by atoms with Crippen molar-refractivity contribution in [1.29, 1.82) is 0 Å². The van der Waals surface area contributed by atoms with E-state index < -0.39 is 23.8 Å². The van der Waals surface area contributed by atoms with Crippen molar-refractivity contribution >= 4 is 29.3 Å². The zero-order valence-electron chi connectivity index (χ0n) is 17.8. The van der Waals surface area contributed by atoms with Crippen LogP contribution in [0.4, 0.5) is 0 Å². The van der Waals surface area contributed by atoms with Crippen LogP contribution in [0, 0.1) is 5.92 Å². The molecular weight excluding hydrogens is 422 g/mol. The third-order valence-corrected chi connectivity index (χ3v) is 5.09. The first-order valence-electron chi connectivity index (χ1n) is 9.69. The molecule has 0 radical (unpaired) electrons. The number of hydrogen-bond donors (Lipinski definition) is 3. The molecule has 8 nitrogen and oxygen atoms in total. The lowest BCUT2D eigenvalue weighted by molar-refractivity contribution is -0.124. The highest BCUT2D eigenvalue weighted by atomic mass is 35.5. The van der Waals surface area contributed by atoms with Gasteiger partial charge in [-0.15, -0.1) is 0 Å². The first kappa shape index (κ1) is 24.0. The molecule has 9 heteroatoms. The second-order valence-corrected chi connectivity index (χ2v) is 7.29. The number of nitrogens with one attached hydrogen (secondary N) is 3. The Morgan fingerprint density at radius 3 is 2.10 bits per heavy atom. The first-order chi connectivity index (χ1) is 14.8. The fourth-order valence-electron chi connectivity index (χ4n) is 2.77. The SMILES string of the molecule is CC[C@H](C)[C@H](NC(=O)c1ccc(Cl)cc1)C(=O)NNC(=O)c1ccc(OC)c(OC)c1. The minimum Gasteiger partial charge on any atom is -0.493 e. The van der Waals surface area contributed by atoms with Crippen molar-refractivity contribution < 1.29 is 23.9 Å². The van der Waals surface area contributed by atoms with Crippen molar-refractivity contribution in [3.8, 4) is 11.5 Å². The molecule has 0 aliphatic rings. The summed E-state index contributed by atoms with van der Waals surface area (Å²) in [6.45, 7) is 3.74. The van der Waals surface area contributed by atoms with Gasteiger partial charge in [0, 0.05) is 16.1 Å². The zero-order chi connectivity index (χ0) is 23.0. The Balaban J connectivity index is 2.06. The van der Waals surface area contributed by atoms with Crippen molar-refractivity contribution in [3.63, 3.8) is 0 Å². The predicted molar refractivity (Wildman–Crippen MR) is 117 cm³/mol. The predicted octanol–water partition coefficient (Wildman–Crippen LogP) is 2.96. The quantitative estimate of drug-likeness (QED) is 0.539. The second-order valence-electron chi connectivity index (χ2n) is 6.86. The number of halogens is 1. The number of carbonyl (C=O) groups is 3. The number of ether oxygens (including phenoxy) is 2. The monoisotopic (exact) mass is 447 g/mol. The van der Waals surface area contributed by atoms with Crippen LogP contribution in [0.25, 0.3) is 0 Å². The normalized spacial score (nSPS) is 12.3. The Morgan fingerprint density at radius 2 is 1.52 bits per heavy atom. The van der Waals surface area contributed by atoms with Crippen LogP contribution in [0.15, 0.2) is 42.5 Å². The van der Waals surface area contributed by atoms with Crippen LogP contribution < -0.4 is 25.6 Å². The molecule has 0 saturated carbocycles. The van der Waals surface area contributed by atoms with Gasteiger partial charge in [-0.2, -0.15) is 0 Å². The zero-order valence-corrected chi connectivity index (χ0v) is 18.6. The van der Waals surface area contributed by atoms with E-state index in [1.807, 2.05) is 13.8 Å². The molecule has 0 unspecified atom stereocenters. The van der Waals surface area contributed by atoms with Gasteiger partial charge in [-0.1, -0.05) is 31.9 Å². The van der Waals surface area contributed by atoms with E-state index in [1.54, 1.807) is 30.3 Å². The Kier molecular flexibility index (Phi) is 8.69. The number of methoxy groups -OCH3 is 2. The molecule has 3 amide bonds. The summed E-state index contributed by atoms with van der Waals surface area (Å²) >= 11 is 5.85.